The Balaban J connectivity index is 1.99. The molecule has 0 atom stereocenters. The van der Waals surface area contributed by atoms with Gasteiger partial charge in [-0.2, -0.15) is 0 Å². The average molecular weight is 501 g/mol. The Hall–Kier alpha value is -3.42. The standard InChI is InChI=1S/C28H36O8/c1-27(2,25(31)32)13-7-5-9-21-15-19(29)17-23(35-21)11-12-24-18-20(30)16-22(36-24)10-6-8-14-28(3,4)26(33)34/h11-12,15-18H,5-10,13-14H2,1-4H3,(H,31,32)(H,33,34)/b12-11+. The molecule has 0 fully saturated rings. The number of carboxylic acid groups (broad SMARTS) is 2. The zero-order chi connectivity index (χ0) is 26.9. The molecule has 2 aromatic rings. The van der Waals surface area contributed by atoms with Gasteiger partial charge >= 0.3 is 11.9 Å². The van der Waals surface area contributed by atoms with Gasteiger partial charge in [-0.1, -0.05) is 12.8 Å². The first-order valence-electron chi connectivity index (χ1n) is 12.2. The minimum Gasteiger partial charge on any atom is -0.481 e. The van der Waals surface area contributed by atoms with E-state index >= 15 is 0 Å². The number of hydrogen-bond donors (Lipinski definition) is 2. The lowest BCUT2D eigenvalue weighted by molar-refractivity contribution is -0.148. The maximum Gasteiger partial charge on any atom is 0.309 e. The summed E-state index contributed by atoms with van der Waals surface area (Å²) in [5.74, 6) is 0.00206. The second-order valence-corrected chi connectivity index (χ2v) is 10.4. The summed E-state index contributed by atoms with van der Waals surface area (Å²) in [6.07, 6.45) is 7.96. The third-order valence-electron chi connectivity index (χ3n) is 6.19. The van der Waals surface area contributed by atoms with Crippen LogP contribution in [-0.4, -0.2) is 22.2 Å². The van der Waals surface area contributed by atoms with E-state index in [2.05, 4.69) is 0 Å². The van der Waals surface area contributed by atoms with Gasteiger partial charge in [0.2, 0.25) is 0 Å². The van der Waals surface area contributed by atoms with Crippen LogP contribution in [0.4, 0.5) is 0 Å². The lowest BCUT2D eigenvalue weighted by Crippen LogP contribution is -2.23. The summed E-state index contributed by atoms with van der Waals surface area (Å²) < 4.78 is 11.6. The predicted molar refractivity (Wildman–Crippen MR) is 137 cm³/mol. The SMILES string of the molecule is CC(C)(CCCCc1cc(=O)cc(/C=C/c2cc(=O)cc(CCCCC(C)(C)C(=O)O)o2)o1)C(=O)O. The van der Waals surface area contributed by atoms with E-state index in [4.69, 9.17) is 8.83 Å². The van der Waals surface area contributed by atoms with Crippen molar-refractivity contribution in [2.75, 3.05) is 0 Å². The molecule has 8 heteroatoms. The fourth-order valence-electron chi connectivity index (χ4n) is 3.62. The van der Waals surface area contributed by atoms with Crippen molar-refractivity contribution in [1.82, 2.24) is 0 Å². The maximum absolute atomic E-state index is 12.1. The van der Waals surface area contributed by atoms with Crippen LogP contribution in [0, 0.1) is 10.8 Å². The van der Waals surface area contributed by atoms with Gasteiger partial charge in [0.25, 0.3) is 0 Å². The molecule has 196 valence electrons. The van der Waals surface area contributed by atoms with E-state index < -0.39 is 22.8 Å². The molecule has 2 aromatic heterocycles. The van der Waals surface area contributed by atoms with E-state index in [0.717, 1.165) is 0 Å². The number of aliphatic carboxylic acids is 2. The van der Waals surface area contributed by atoms with Gasteiger partial charge in [0, 0.05) is 37.1 Å². The Morgan fingerprint density at radius 2 is 1.06 bits per heavy atom. The quantitative estimate of drug-likeness (QED) is 0.329. The van der Waals surface area contributed by atoms with Gasteiger partial charge in [-0.3, -0.25) is 19.2 Å². The van der Waals surface area contributed by atoms with Gasteiger partial charge < -0.3 is 19.0 Å². The van der Waals surface area contributed by atoms with Crippen LogP contribution in [0.2, 0.25) is 0 Å². The molecule has 2 heterocycles. The molecule has 2 rings (SSSR count). The van der Waals surface area contributed by atoms with Gasteiger partial charge in [0.15, 0.2) is 10.9 Å². The predicted octanol–water partition coefficient (Wildman–Crippen LogP) is 5.41. The van der Waals surface area contributed by atoms with Crippen molar-refractivity contribution in [3.8, 4) is 0 Å². The highest BCUT2D eigenvalue weighted by Crippen LogP contribution is 2.25. The number of hydrogen-bond acceptors (Lipinski definition) is 6. The van der Waals surface area contributed by atoms with Crippen molar-refractivity contribution >= 4 is 24.1 Å². The fourth-order valence-corrected chi connectivity index (χ4v) is 3.62. The first kappa shape index (κ1) is 28.8. The van der Waals surface area contributed by atoms with Crippen LogP contribution >= 0.6 is 0 Å². The normalized spacial score (nSPS) is 12.2. The van der Waals surface area contributed by atoms with Crippen LogP contribution in [0.3, 0.4) is 0 Å². The lowest BCUT2D eigenvalue weighted by Gasteiger charge is -2.18. The Bertz CT molecular complexity index is 1100. The van der Waals surface area contributed by atoms with E-state index in [-0.39, 0.29) is 10.9 Å². The third kappa shape index (κ3) is 9.32. The second-order valence-electron chi connectivity index (χ2n) is 10.4. The van der Waals surface area contributed by atoms with Gasteiger partial charge in [-0.25, -0.2) is 0 Å². The Kier molecular flexibility index (Phi) is 10.0. The molecule has 0 aliphatic rings. The molecule has 8 nitrogen and oxygen atoms in total. The molecule has 0 aromatic carbocycles. The van der Waals surface area contributed by atoms with Crippen LogP contribution in [-0.2, 0) is 22.4 Å². The van der Waals surface area contributed by atoms with Crippen molar-refractivity contribution in [2.24, 2.45) is 10.8 Å². The molecule has 0 spiro atoms. The number of unbranched alkanes of at least 4 members (excludes halogenated alkanes) is 2. The fraction of sp³-hybridized carbons (Fsp3) is 0.500. The van der Waals surface area contributed by atoms with E-state index in [1.165, 1.54) is 24.3 Å². The summed E-state index contributed by atoms with van der Waals surface area (Å²) in [6, 6.07) is 5.54. The largest absolute Gasteiger partial charge is 0.481 e. The van der Waals surface area contributed by atoms with E-state index in [1.807, 2.05) is 0 Å². The number of carbonyl (C=O) groups is 2. The van der Waals surface area contributed by atoms with Gasteiger partial charge in [0.05, 0.1) is 10.8 Å². The molecule has 2 N–H and O–H groups in total. The summed E-state index contributed by atoms with van der Waals surface area (Å²) in [4.78, 5) is 46.6. The molecule has 0 amide bonds. The zero-order valence-electron chi connectivity index (χ0n) is 21.5. The highest BCUT2D eigenvalue weighted by molar-refractivity contribution is 5.73. The third-order valence-corrected chi connectivity index (χ3v) is 6.19. The zero-order valence-corrected chi connectivity index (χ0v) is 21.5. The molecule has 0 radical (unpaired) electrons. The minimum absolute atomic E-state index is 0.207. The molecule has 0 bridgehead atoms. The number of rotatable bonds is 14. The van der Waals surface area contributed by atoms with Crippen LogP contribution in [0.25, 0.3) is 12.2 Å². The van der Waals surface area contributed by atoms with E-state index in [0.29, 0.717) is 74.4 Å². The van der Waals surface area contributed by atoms with Crippen molar-refractivity contribution in [3.63, 3.8) is 0 Å². The Morgan fingerprint density at radius 3 is 1.39 bits per heavy atom. The van der Waals surface area contributed by atoms with Gasteiger partial charge in [0.1, 0.15) is 23.0 Å². The molecule has 0 saturated heterocycles. The molecular weight excluding hydrogens is 464 g/mol. The van der Waals surface area contributed by atoms with E-state index in [9.17, 15) is 29.4 Å². The summed E-state index contributed by atoms with van der Waals surface area (Å²) >= 11 is 0. The van der Waals surface area contributed by atoms with E-state index in [1.54, 1.807) is 39.8 Å². The maximum atomic E-state index is 12.1. The highest BCUT2D eigenvalue weighted by atomic mass is 16.4. The Labute approximate surface area is 210 Å². The molecular formula is C28H36O8. The van der Waals surface area contributed by atoms with Crippen molar-refractivity contribution in [3.05, 3.63) is 67.8 Å². The minimum atomic E-state index is -0.834. The summed E-state index contributed by atoms with van der Waals surface area (Å²) in [6.45, 7) is 6.76. The van der Waals surface area contributed by atoms with Crippen LogP contribution in [0.5, 0.6) is 0 Å². The molecule has 0 unspecified atom stereocenters. The van der Waals surface area contributed by atoms with Crippen molar-refractivity contribution < 1.29 is 28.6 Å². The van der Waals surface area contributed by atoms with Gasteiger partial charge in [-0.15, -0.1) is 0 Å². The molecule has 0 saturated carbocycles. The monoisotopic (exact) mass is 500 g/mol. The number of aryl methyl sites for hydroxylation is 2. The highest BCUT2D eigenvalue weighted by Gasteiger charge is 2.26. The first-order valence-corrected chi connectivity index (χ1v) is 12.2. The van der Waals surface area contributed by atoms with Gasteiger partial charge in [-0.05, 0) is 65.5 Å². The summed E-state index contributed by atoms with van der Waals surface area (Å²) in [7, 11) is 0. The van der Waals surface area contributed by atoms with Crippen molar-refractivity contribution in [2.45, 2.75) is 79.1 Å². The first-order chi connectivity index (χ1) is 16.8. The topological polar surface area (TPSA) is 135 Å². The Morgan fingerprint density at radius 1 is 0.694 bits per heavy atom. The summed E-state index contributed by atoms with van der Waals surface area (Å²) in [5.41, 5.74) is -2.00. The number of carboxylic acids is 2. The van der Waals surface area contributed by atoms with Crippen LogP contribution in [0.15, 0.2) is 42.7 Å². The molecule has 0 aliphatic carbocycles. The molecule has 0 aliphatic heterocycles. The van der Waals surface area contributed by atoms with Crippen molar-refractivity contribution in [1.29, 1.82) is 0 Å². The average Bonchev–Trinajstić information content (AvgIpc) is 2.77. The lowest BCUT2D eigenvalue weighted by atomic mass is 9.87. The van der Waals surface area contributed by atoms with Crippen LogP contribution < -0.4 is 10.9 Å². The smallest absolute Gasteiger partial charge is 0.309 e. The molecule has 36 heavy (non-hydrogen) atoms. The van der Waals surface area contributed by atoms with Crippen LogP contribution in [0.1, 0.15) is 89.3 Å². The summed E-state index contributed by atoms with van der Waals surface area (Å²) in [5, 5.41) is 18.4. The second kappa shape index (κ2) is 12.5.